The van der Waals surface area contributed by atoms with E-state index in [2.05, 4.69) is 0 Å². The van der Waals surface area contributed by atoms with Crippen LogP contribution < -0.4 is 0 Å². The summed E-state index contributed by atoms with van der Waals surface area (Å²) in [5, 5.41) is 10.3. The average molecular weight is 436 g/mol. The molecule has 0 radical (unpaired) electrons. The van der Waals surface area contributed by atoms with Crippen molar-refractivity contribution in [2.75, 3.05) is 13.2 Å². The molecule has 172 valence electrons. The van der Waals surface area contributed by atoms with Crippen LogP contribution in [0.25, 0.3) is 0 Å². The highest BCUT2D eigenvalue weighted by atomic mass is 16.7. The first kappa shape index (κ1) is 27.3. The number of carbonyl (C=O) groups excluding carboxylic acids is 5. The van der Waals surface area contributed by atoms with Gasteiger partial charge in [-0.2, -0.15) is 0 Å². The summed E-state index contributed by atoms with van der Waals surface area (Å²) >= 11 is 0. The molecule has 0 amide bonds. The van der Waals surface area contributed by atoms with Crippen molar-refractivity contribution < 1.29 is 57.5 Å². The standard InChI is InChI=1S/C18H28O12/c1-7-25-18(24)17(30-13(6)23)16(29-12(5)22)15(28-11(4)21)14(27-10(3)20)8-26-9(2)19/h14-18,24H,7-8H2,1-6H3/t14-,15+,16+,17-,18+/m1/s1. The number of aliphatic hydroxyl groups is 1. The Labute approximate surface area is 173 Å². The molecule has 5 atom stereocenters. The molecule has 1 N–H and O–H groups in total. The van der Waals surface area contributed by atoms with Crippen LogP contribution in [0.5, 0.6) is 0 Å². The van der Waals surface area contributed by atoms with E-state index in [1.165, 1.54) is 0 Å². The molecular weight excluding hydrogens is 408 g/mol. The fourth-order valence-corrected chi connectivity index (χ4v) is 2.41. The van der Waals surface area contributed by atoms with Gasteiger partial charge in [-0.3, -0.25) is 24.0 Å². The predicted octanol–water partition coefficient (Wildman–Crippen LogP) is -0.369. The molecule has 0 aliphatic rings. The van der Waals surface area contributed by atoms with E-state index in [4.69, 9.17) is 28.4 Å². The zero-order valence-electron chi connectivity index (χ0n) is 17.7. The molecule has 0 aromatic carbocycles. The van der Waals surface area contributed by atoms with E-state index < -0.39 is 67.2 Å². The third-order valence-corrected chi connectivity index (χ3v) is 3.31. The van der Waals surface area contributed by atoms with Gasteiger partial charge in [0, 0.05) is 41.2 Å². The van der Waals surface area contributed by atoms with Gasteiger partial charge in [-0.1, -0.05) is 0 Å². The van der Waals surface area contributed by atoms with Crippen LogP contribution in [0, 0.1) is 0 Å². The van der Waals surface area contributed by atoms with E-state index >= 15 is 0 Å². The van der Waals surface area contributed by atoms with Crippen molar-refractivity contribution in [2.45, 2.75) is 72.2 Å². The van der Waals surface area contributed by atoms with Crippen molar-refractivity contribution in [3.63, 3.8) is 0 Å². The van der Waals surface area contributed by atoms with Crippen molar-refractivity contribution in [3.05, 3.63) is 0 Å². The molecule has 0 aromatic rings. The van der Waals surface area contributed by atoms with Gasteiger partial charge in [-0.25, -0.2) is 0 Å². The van der Waals surface area contributed by atoms with Gasteiger partial charge >= 0.3 is 29.8 Å². The molecule has 0 heterocycles. The van der Waals surface area contributed by atoms with Gasteiger partial charge in [0.25, 0.3) is 0 Å². The minimum Gasteiger partial charge on any atom is -0.462 e. The topological polar surface area (TPSA) is 161 Å². The van der Waals surface area contributed by atoms with Crippen LogP contribution in [0.3, 0.4) is 0 Å². The van der Waals surface area contributed by atoms with Crippen molar-refractivity contribution >= 4 is 29.8 Å². The number of esters is 5. The zero-order chi connectivity index (χ0) is 23.4. The third kappa shape index (κ3) is 10.7. The van der Waals surface area contributed by atoms with Gasteiger partial charge in [-0.15, -0.1) is 0 Å². The molecule has 0 aliphatic carbocycles. The summed E-state index contributed by atoms with van der Waals surface area (Å²) in [4.78, 5) is 57.7. The first-order valence-electron chi connectivity index (χ1n) is 9.00. The second-order valence-corrected chi connectivity index (χ2v) is 6.02. The molecule has 0 saturated carbocycles. The van der Waals surface area contributed by atoms with Crippen LogP contribution in [-0.4, -0.2) is 78.9 Å². The lowest BCUT2D eigenvalue weighted by Crippen LogP contribution is -2.56. The molecular formula is C18H28O12. The maximum Gasteiger partial charge on any atom is 0.303 e. The fraction of sp³-hybridized carbons (Fsp3) is 0.722. The van der Waals surface area contributed by atoms with Gasteiger partial charge in [-0.05, 0) is 6.92 Å². The SMILES string of the molecule is CCO[C@H](O)[C@H](OC(C)=O)[C@@H](OC(C)=O)[C@@H](OC(C)=O)[C@@H](COC(C)=O)OC(C)=O. The van der Waals surface area contributed by atoms with E-state index in [9.17, 15) is 29.1 Å². The Balaban J connectivity index is 6.30. The largest absolute Gasteiger partial charge is 0.462 e. The third-order valence-electron chi connectivity index (χ3n) is 3.31. The average Bonchev–Trinajstić information content (AvgIpc) is 2.59. The normalized spacial score (nSPS) is 15.6. The van der Waals surface area contributed by atoms with E-state index in [0.29, 0.717) is 0 Å². The Morgan fingerprint density at radius 1 is 0.667 bits per heavy atom. The summed E-state index contributed by atoms with van der Waals surface area (Å²) in [5.74, 6) is -4.22. The Kier molecular flexibility index (Phi) is 12.3. The van der Waals surface area contributed by atoms with Crippen LogP contribution >= 0.6 is 0 Å². The second kappa shape index (κ2) is 13.5. The number of hydrogen-bond donors (Lipinski definition) is 1. The van der Waals surface area contributed by atoms with E-state index in [0.717, 1.165) is 34.6 Å². The van der Waals surface area contributed by atoms with Crippen LogP contribution in [0.4, 0.5) is 0 Å². The Morgan fingerprint density at radius 2 is 1.10 bits per heavy atom. The highest BCUT2D eigenvalue weighted by molar-refractivity contribution is 5.69. The van der Waals surface area contributed by atoms with Crippen molar-refractivity contribution in [2.24, 2.45) is 0 Å². The van der Waals surface area contributed by atoms with E-state index in [-0.39, 0.29) is 6.61 Å². The lowest BCUT2D eigenvalue weighted by atomic mass is 10.0. The van der Waals surface area contributed by atoms with Crippen molar-refractivity contribution in [1.82, 2.24) is 0 Å². The summed E-state index contributed by atoms with van der Waals surface area (Å²) in [6.07, 6.45) is -8.25. The molecule has 0 spiro atoms. The Morgan fingerprint density at radius 3 is 1.50 bits per heavy atom. The maximum atomic E-state index is 11.7. The summed E-state index contributed by atoms with van der Waals surface area (Å²) in [6, 6.07) is 0. The van der Waals surface area contributed by atoms with Gasteiger partial charge in [0.15, 0.2) is 30.7 Å². The van der Waals surface area contributed by atoms with Crippen LogP contribution in [0.2, 0.25) is 0 Å². The molecule has 0 rings (SSSR count). The lowest BCUT2D eigenvalue weighted by molar-refractivity contribution is -0.237. The number of ether oxygens (including phenoxy) is 6. The highest BCUT2D eigenvalue weighted by Crippen LogP contribution is 2.22. The fourth-order valence-electron chi connectivity index (χ4n) is 2.41. The highest BCUT2D eigenvalue weighted by Gasteiger charge is 2.46. The molecule has 30 heavy (non-hydrogen) atoms. The number of rotatable bonds is 12. The molecule has 12 heteroatoms. The Bertz CT molecular complexity index is 616. The summed E-state index contributed by atoms with van der Waals surface area (Å²) in [7, 11) is 0. The second-order valence-electron chi connectivity index (χ2n) is 6.02. The first-order chi connectivity index (χ1) is 13.9. The van der Waals surface area contributed by atoms with Gasteiger partial charge in [0.2, 0.25) is 0 Å². The molecule has 0 fully saturated rings. The summed E-state index contributed by atoms with van der Waals surface area (Å²) in [5.41, 5.74) is 0. The molecule has 0 saturated heterocycles. The number of carbonyl (C=O) groups is 5. The van der Waals surface area contributed by atoms with Crippen molar-refractivity contribution in [1.29, 1.82) is 0 Å². The lowest BCUT2D eigenvalue weighted by Gasteiger charge is -2.36. The van der Waals surface area contributed by atoms with Crippen LogP contribution in [0.1, 0.15) is 41.5 Å². The molecule has 0 unspecified atom stereocenters. The molecule has 12 nitrogen and oxygen atoms in total. The first-order valence-corrected chi connectivity index (χ1v) is 9.00. The maximum absolute atomic E-state index is 11.7. The number of hydrogen-bond acceptors (Lipinski definition) is 12. The van der Waals surface area contributed by atoms with E-state index in [1.807, 2.05) is 0 Å². The predicted molar refractivity (Wildman–Crippen MR) is 96.5 cm³/mol. The van der Waals surface area contributed by atoms with Crippen molar-refractivity contribution in [3.8, 4) is 0 Å². The van der Waals surface area contributed by atoms with Gasteiger partial charge in [0.1, 0.15) is 6.61 Å². The summed E-state index contributed by atoms with van der Waals surface area (Å²) < 4.78 is 30.3. The minimum absolute atomic E-state index is 0.00915. The number of aliphatic hydroxyl groups excluding tert-OH is 1. The molecule has 0 bridgehead atoms. The quantitative estimate of drug-likeness (QED) is 0.240. The molecule has 0 aliphatic heterocycles. The summed E-state index contributed by atoms with van der Waals surface area (Å²) in [6.45, 7) is 6.16. The van der Waals surface area contributed by atoms with Gasteiger partial charge in [0.05, 0.1) is 0 Å². The van der Waals surface area contributed by atoms with Crippen LogP contribution in [-0.2, 0) is 52.4 Å². The Hall–Kier alpha value is -2.73. The monoisotopic (exact) mass is 436 g/mol. The minimum atomic E-state index is -1.80. The van der Waals surface area contributed by atoms with Gasteiger partial charge < -0.3 is 33.5 Å². The van der Waals surface area contributed by atoms with Crippen LogP contribution in [0.15, 0.2) is 0 Å². The van der Waals surface area contributed by atoms with E-state index in [1.54, 1.807) is 6.92 Å². The smallest absolute Gasteiger partial charge is 0.303 e. The molecule has 0 aromatic heterocycles. The zero-order valence-corrected chi connectivity index (χ0v) is 17.7.